The highest BCUT2D eigenvalue weighted by Crippen LogP contribution is 2.23. The number of aromatic amines is 1. The van der Waals surface area contributed by atoms with E-state index in [1.54, 1.807) is 13.0 Å². The van der Waals surface area contributed by atoms with Gasteiger partial charge in [0.15, 0.2) is 5.82 Å². The number of nitrogen functional groups attached to an aromatic ring is 1. The highest BCUT2D eigenvalue weighted by Gasteiger charge is 2.14. The number of carbonyl (C=O) groups is 1. The minimum atomic E-state index is -0.210. The second-order valence-electron chi connectivity index (χ2n) is 3.77. The minimum absolute atomic E-state index is 0.210. The Balaban J connectivity index is 2.25. The summed E-state index contributed by atoms with van der Waals surface area (Å²) in [5.41, 5.74) is 7.60. The first-order valence-electron chi connectivity index (χ1n) is 5.38. The summed E-state index contributed by atoms with van der Waals surface area (Å²) in [7, 11) is 0. The molecule has 4 N–H and O–H groups in total. The van der Waals surface area contributed by atoms with Gasteiger partial charge in [-0.3, -0.25) is 9.89 Å². The van der Waals surface area contributed by atoms with E-state index in [0.717, 1.165) is 10.6 Å². The molecule has 1 amide bonds. The van der Waals surface area contributed by atoms with Gasteiger partial charge < -0.3 is 11.1 Å². The lowest BCUT2D eigenvalue weighted by molar-refractivity contribution is 0.102. The molecule has 0 aliphatic rings. The zero-order chi connectivity index (χ0) is 13.1. The summed E-state index contributed by atoms with van der Waals surface area (Å²) in [6.07, 6.45) is 1.93. The van der Waals surface area contributed by atoms with Crippen molar-refractivity contribution in [2.24, 2.45) is 0 Å². The second kappa shape index (κ2) is 5.14. The zero-order valence-electron chi connectivity index (χ0n) is 10.2. The predicted octanol–water partition coefficient (Wildman–Crippen LogP) is 2.27. The van der Waals surface area contributed by atoms with E-state index in [-0.39, 0.29) is 5.91 Å². The molecule has 2 rings (SSSR count). The van der Waals surface area contributed by atoms with Gasteiger partial charge in [-0.05, 0) is 25.3 Å². The number of rotatable bonds is 3. The summed E-state index contributed by atoms with van der Waals surface area (Å²) in [4.78, 5) is 13.0. The maximum absolute atomic E-state index is 12.1. The maximum Gasteiger partial charge on any atom is 0.258 e. The fourth-order valence-electron chi connectivity index (χ4n) is 1.54. The van der Waals surface area contributed by atoms with Gasteiger partial charge in [-0.1, -0.05) is 12.1 Å². The highest BCUT2D eigenvalue weighted by atomic mass is 32.2. The van der Waals surface area contributed by atoms with Crippen molar-refractivity contribution in [1.82, 2.24) is 10.2 Å². The molecule has 94 valence electrons. The number of nitrogens with two attached hydrogens (primary N) is 1. The maximum atomic E-state index is 12.1. The Labute approximate surface area is 109 Å². The number of hydrogen-bond acceptors (Lipinski definition) is 4. The predicted molar refractivity (Wildman–Crippen MR) is 73.9 cm³/mol. The number of nitrogens with zero attached hydrogens (tertiary/aromatic N) is 1. The quantitative estimate of drug-likeness (QED) is 0.741. The Bertz CT molecular complexity index is 579. The lowest BCUT2D eigenvalue weighted by atomic mass is 10.2. The molecule has 0 radical (unpaired) electrons. The molecule has 1 aromatic carbocycles. The van der Waals surface area contributed by atoms with Crippen LogP contribution in [0.5, 0.6) is 0 Å². The van der Waals surface area contributed by atoms with Crippen LogP contribution in [0.15, 0.2) is 29.2 Å². The van der Waals surface area contributed by atoms with E-state index < -0.39 is 0 Å². The topological polar surface area (TPSA) is 83.8 Å². The standard InChI is InChI=1S/C12H14N4OS/c1-7-10(13)11(16-15-7)14-12(17)8-5-3-4-6-9(8)18-2/h3-6H,13H2,1-2H3,(H2,14,15,16,17). The van der Waals surface area contributed by atoms with Gasteiger partial charge >= 0.3 is 0 Å². The van der Waals surface area contributed by atoms with E-state index in [4.69, 9.17) is 5.73 Å². The van der Waals surface area contributed by atoms with E-state index in [9.17, 15) is 4.79 Å². The molecule has 1 aromatic heterocycles. The summed E-state index contributed by atoms with van der Waals surface area (Å²) in [5.74, 6) is 0.159. The molecule has 0 saturated heterocycles. The number of aryl methyl sites for hydroxylation is 1. The number of hydrogen-bond donors (Lipinski definition) is 3. The van der Waals surface area contributed by atoms with Crippen molar-refractivity contribution in [2.45, 2.75) is 11.8 Å². The number of aromatic nitrogens is 2. The Morgan fingerprint density at radius 2 is 2.17 bits per heavy atom. The van der Waals surface area contributed by atoms with Crippen molar-refractivity contribution in [2.75, 3.05) is 17.3 Å². The van der Waals surface area contributed by atoms with Crippen LogP contribution in [0, 0.1) is 6.92 Å². The van der Waals surface area contributed by atoms with Crippen LogP contribution in [0.25, 0.3) is 0 Å². The molecule has 0 aliphatic carbocycles. The van der Waals surface area contributed by atoms with Crippen molar-refractivity contribution in [3.05, 3.63) is 35.5 Å². The highest BCUT2D eigenvalue weighted by molar-refractivity contribution is 7.98. The van der Waals surface area contributed by atoms with Crippen LogP contribution in [-0.4, -0.2) is 22.4 Å². The average molecular weight is 262 g/mol. The third-order valence-corrected chi connectivity index (χ3v) is 3.37. The lowest BCUT2D eigenvalue weighted by Gasteiger charge is -2.07. The molecule has 1 heterocycles. The van der Waals surface area contributed by atoms with Crippen molar-refractivity contribution < 1.29 is 4.79 Å². The molecule has 0 atom stereocenters. The van der Waals surface area contributed by atoms with Crippen LogP contribution in [0.4, 0.5) is 11.5 Å². The van der Waals surface area contributed by atoms with Crippen LogP contribution in [0.3, 0.4) is 0 Å². The van der Waals surface area contributed by atoms with E-state index in [1.807, 2.05) is 24.5 Å². The number of carbonyl (C=O) groups excluding carboxylic acids is 1. The summed E-state index contributed by atoms with van der Waals surface area (Å²) >= 11 is 1.52. The molecular weight excluding hydrogens is 248 g/mol. The Morgan fingerprint density at radius 3 is 2.78 bits per heavy atom. The summed E-state index contributed by atoms with van der Waals surface area (Å²) < 4.78 is 0. The largest absolute Gasteiger partial charge is 0.394 e. The van der Waals surface area contributed by atoms with Gasteiger partial charge in [-0.25, -0.2) is 0 Å². The van der Waals surface area contributed by atoms with Crippen LogP contribution in [-0.2, 0) is 0 Å². The zero-order valence-corrected chi connectivity index (χ0v) is 11.0. The first-order valence-corrected chi connectivity index (χ1v) is 6.60. The molecule has 0 aliphatic heterocycles. The van der Waals surface area contributed by atoms with E-state index in [1.165, 1.54) is 11.8 Å². The van der Waals surface area contributed by atoms with Gasteiger partial charge in [-0.2, -0.15) is 5.10 Å². The summed E-state index contributed by atoms with van der Waals surface area (Å²) in [6.45, 7) is 1.80. The molecule has 6 heteroatoms. The number of nitrogens with one attached hydrogen (secondary N) is 2. The average Bonchev–Trinajstić information content (AvgIpc) is 2.70. The normalized spacial score (nSPS) is 10.3. The smallest absolute Gasteiger partial charge is 0.258 e. The molecule has 0 fully saturated rings. The van der Waals surface area contributed by atoms with Crippen molar-refractivity contribution in [3.63, 3.8) is 0 Å². The second-order valence-corrected chi connectivity index (χ2v) is 4.61. The number of amides is 1. The minimum Gasteiger partial charge on any atom is -0.394 e. The van der Waals surface area contributed by atoms with E-state index >= 15 is 0 Å². The van der Waals surface area contributed by atoms with Gasteiger partial charge in [-0.15, -0.1) is 11.8 Å². The number of H-pyrrole nitrogens is 1. The number of thioether (sulfide) groups is 1. The third-order valence-electron chi connectivity index (χ3n) is 2.58. The van der Waals surface area contributed by atoms with Crippen LogP contribution < -0.4 is 11.1 Å². The third kappa shape index (κ3) is 2.33. The molecule has 18 heavy (non-hydrogen) atoms. The Kier molecular flexibility index (Phi) is 3.57. The SMILES string of the molecule is CSc1ccccc1C(=O)Nc1n[nH]c(C)c1N. The lowest BCUT2D eigenvalue weighted by Crippen LogP contribution is -2.14. The van der Waals surface area contributed by atoms with Gasteiger partial charge in [0.05, 0.1) is 16.9 Å². The van der Waals surface area contributed by atoms with Crippen LogP contribution >= 0.6 is 11.8 Å². The monoisotopic (exact) mass is 262 g/mol. The van der Waals surface area contributed by atoms with E-state index in [2.05, 4.69) is 15.5 Å². The van der Waals surface area contributed by atoms with Gasteiger partial charge in [0.25, 0.3) is 5.91 Å². The van der Waals surface area contributed by atoms with Crippen molar-refractivity contribution in [1.29, 1.82) is 0 Å². The fraction of sp³-hybridized carbons (Fsp3) is 0.167. The first-order chi connectivity index (χ1) is 8.63. The van der Waals surface area contributed by atoms with Crippen LogP contribution in [0.1, 0.15) is 16.1 Å². The van der Waals surface area contributed by atoms with Crippen molar-refractivity contribution >= 4 is 29.2 Å². The van der Waals surface area contributed by atoms with Crippen LogP contribution in [0.2, 0.25) is 0 Å². The molecule has 0 bridgehead atoms. The molecular formula is C12H14N4OS. The van der Waals surface area contributed by atoms with Gasteiger partial charge in [0.1, 0.15) is 0 Å². The molecule has 5 nitrogen and oxygen atoms in total. The van der Waals surface area contributed by atoms with Gasteiger partial charge in [0.2, 0.25) is 0 Å². The fourth-order valence-corrected chi connectivity index (χ4v) is 2.14. The summed E-state index contributed by atoms with van der Waals surface area (Å²) in [5, 5.41) is 9.38. The van der Waals surface area contributed by atoms with Crippen molar-refractivity contribution in [3.8, 4) is 0 Å². The Hall–Kier alpha value is -1.95. The van der Waals surface area contributed by atoms with Gasteiger partial charge in [0, 0.05) is 4.90 Å². The number of benzene rings is 1. The first kappa shape index (κ1) is 12.5. The summed E-state index contributed by atoms with van der Waals surface area (Å²) in [6, 6.07) is 7.40. The Morgan fingerprint density at radius 1 is 1.44 bits per heavy atom. The molecule has 0 spiro atoms. The molecule has 0 unspecified atom stereocenters. The number of anilines is 2. The molecule has 2 aromatic rings. The van der Waals surface area contributed by atoms with E-state index in [0.29, 0.717) is 17.1 Å². The molecule has 0 saturated carbocycles.